The van der Waals surface area contributed by atoms with Gasteiger partial charge >= 0.3 is 0 Å². The molecule has 0 saturated carbocycles. The van der Waals surface area contributed by atoms with E-state index in [1.807, 2.05) is 55.2 Å². The number of benzene rings is 2. The second-order valence-corrected chi connectivity index (χ2v) is 8.63. The van der Waals surface area contributed by atoms with Gasteiger partial charge in [-0.2, -0.15) is 5.10 Å². The van der Waals surface area contributed by atoms with Crippen molar-refractivity contribution in [3.8, 4) is 34.0 Å². The van der Waals surface area contributed by atoms with E-state index >= 15 is 0 Å². The van der Waals surface area contributed by atoms with Crippen LogP contribution in [0.3, 0.4) is 0 Å². The SMILES string of the molecule is CN(C)CCOc1ccc(-c2cc(-c3ccncc3)nn2-c2ccc3c(c2)CC/C3=N/O)cc1. The minimum atomic E-state index is 0.644. The summed E-state index contributed by atoms with van der Waals surface area (Å²) >= 11 is 0. The maximum atomic E-state index is 9.28. The van der Waals surface area contributed by atoms with Crippen LogP contribution < -0.4 is 4.74 Å². The summed E-state index contributed by atoms with van der Waals surface area (Å²) in [6.45, 7) is 1.51. The number of hydrogen-bond acceptors (Lipinski definition) is 6. The standard InChI is InChI=1S/C27H27N5O2/c1-31(2)15-16-34-23-7-3-20(4-8-23)27-18-26(19-11-13-28-14-12-19)29-32(27)22-6-9-24-21(17-22)5-10-25(24)30-33/h3-4,6-9,11-14,17-18,33H,5,10,15-16H2,1-2H3/b30-25-. The van der Waals surface area contributed by atoms with E-state index in [-0.39, 0.29) is 0 Å². The predicted molar refractivity (Wildman–Crippen MR) is 133 cm³/mol. The molecule has 2 heterocycles. The molecule has 0 aliphatic heterocycles. The van der Waals surface area contributed by atoms with Crippen LogP contribution in [0.25, 0.3) is 28.2 Å². The summed E-state index contributed by atoms with van der Waals surface area (Å²) in [6.07, 6.45) is 5.16. The maximum Gasteiger partial charge on any atom is 0.119 e. The summed E-state index contributed by atoms with van der Waals surface area (Å²) in [5.41, 5.74) is 7.81. The van der Waals surface area contributed by atoms with Crippen LogP contribution in [0.1, 0.15) is 17.5 Å². The quantitative estimate of drug-likeness (QED) is 0.325. The van der Waals surface area contributed by atoms with E-state index in [0.717, 1.165) is 64.6 Å². The second-order valence-electron chi connectivity index (χ2n) is 8.63. The average molecular weight is 454 g/mol. The van der Waals surface area contributed by atoms with E-state index in [1.54, 1.807) is 12.4 Å². The molecule has 4 aromatic rings. The largest absolute Gasteiger partial charge is 0.492 e. The smallest absolute Gasteiger partial charge is 0.119 e. The molecule has 0 atom stereocenters. The van der Waals surface area contributed by atoms with Crippen LogP contribution in [0.5, 0.6) is 5.75 Å². The molecule has 34 heavy (non-hydrogen) atoms. The van der Waals surface area contributed by atoms with Crippen LogP contribution in [0, 0.1) is 0 Å². The molecule has 2 aromatic carbocycles. The highest BCUT2D eigenvalue weighted by atomic mass is 16.5. The molecule has 172 valence electrons. The van der Waals surface area contributed by atoms with Crippen molar-refractivity contribution in [2.24, 2.45) is 5.16 Å². The third kappa shape index (κ3) is 4.43. The lowest BCUT2D eigenvalue weighted by Crippen LogP contribution is -2.19. The Hall–Kier alpha value is -3.97. The second kappa shape index (κ2) is 9.49. The van der Waals surface area contributed by atoms with Crippen molar-refractivity contribution in [3.63, 3.8) is 0 Å². The fourth-order valence-corrected chi connectivity index (χ4v) is 4.21. The van der Waals surface area contributed by atoms with Gasteiger partial charge in [-0.05, 0) is 87.1 Å². The van der Waals surface area contributed by atoms with Gasteiger partial charge in [0.2, 0.25) is 0 Å². The molecule has 0 radical (unpaired) electrons. The van der Waals surface area contributed by atoms with Crippen LogP contribution in [-0.2, 0) is 6.42 Å². The highest BCUT2D eigenvalue weighted by Gasteiger charge is 2.20. The molecule has 1 N–H and O–H groups in total. The molecule has 2 aromatic heterocycles. The number of fused-ring (bicyclic) bond motifs is 1. The number of nitrogens with zero attached hydrogens (tertiary/aromatic N) is 5. The van der Waals surface area contributed by atoms with Crippen molar-refractivity contribution < 1.29 is 9.94 Å². The van der Waals surface area contributed by atoms with Crippen molar-refractivity contribution in [1.29, 1.82) is 0 Å². The Morgan fingerprint density at radius 2 is 1.76 bits per heavy atom. The zero-order chi connectivity index (χ0) is 23.5. The summed E-state index contributed by atoms with van der Waals surface area (Å²) in [4.78, 5) is 6.23. The number of oxime groups is 1. The molecule has 7 nitrogen and oxygen atoms in total. The molecular formula is C27H27N5O2. The summed E-state index contributed by atoms with van der Waals surface area (Å²) in [5, 5.41) is 17.7. The monoisotopic (exact) mass is 453 g/mol. The molecule has 1 aliphatic carbocycles. The number of likely N-dealkylation sites (N-methyl/N-ethyl adjacent to an activating group) is 1. The molecule has 0 spiro atoms. The number of ether oxygens (including phenoxy) is 1. The molecule has 0 fully saturated rings. The maximum absolute atomic E-state index is 9.28. The first-order valence-electron chi connectivity index (χ1n) is 11.4. The Kier molecular flexibility index (Phi) is 6.10. The van der Waals surface area contributed by atoms with Crippen LogP contribution in [0.4, 0.5) is 0 Å². The van der Waals surface area contributed by atoms with Crippen molar-refractivity contribution >= 4 is 5.71 Å². The Bertz CT molecular complexity index is 1310. The topological polar surface area (TPSA) is 75.8 Å². The number of aryl methyl sites for hydroxylation is 1. The van der Waals surface area contributed by atoms with E-state index in [4.69, 9.17) is 9.84 Å². The lowest BCUT2D eigenvalue weighted by atomic mass is 10.1. The van der Waals surface area contributed by atoms with Gasteiger partial charge in [0, 0.05) is 35.6 Å². The molecule has 1 aliphatic rings. The third-order valence-electron chi connectivity index (χ3n) is 6.04. The van der Waals surface area contributed by atoms with Crippen molar-refractivity contribution in [1.82, 2.24) is 19.7 Å². The van der Waals surface area contributed by atoms with Gasteiger partial charge in [0.05, 0.1) is 22.8 Å². The fourth-order valence-electron chi connectivity index (χ4n) is 4.21. The Balaban J connectivity index is 1.52. The third-order valence-corrected chi connectivity index (χ3v) is 6.04. The summed E-state index contributed by atoms with van der Waals surface area (Å²) in [6, 6.07) is 20.4. The van der Waals surface area contributed by atoms with Crippen LogP contribution in [0.2, 0.25) is 0 Å². The van der Waals surface area contributed by atoms with Crippen LogP contribution in [-0.4, -0.2) is 57.8 Å². The first-order valence-corrected chi connectivity index (χ1v) is 11.4. The lowest BCUT2D eigenvalue weighted by molar-refractivity contribution is 0.261. The zero-order valence-corrected chi connectivity index (χ0v) is 19.3. The normalized spacial score (nSPS) is 14.0. The van der Waals surface area contributed by atoms with Crippen LogP contribution in [0.15, 0.2) is 78.2 Å². The number of hydrogen-bond donors (Lipinski definition) is 1. The molecule has 5 rings (SSSR count). The number of pyridine rings is 1. The minimum absolute atomic E-state index is 0.644. The lowest BCUT2D eigenvalue weighted by Gasteiger charge is -2.12. The Morgan fingerprint density at radius 1 is 0.971 bits per heavy atom. The highest BCUT2D eigenvalue weighted by molar-refractivity contribution is 6.04. The first kappa shape index (κ1) is 21.9. The molecule has 0 saturated heterocycles. The fraction of sp³-hybridized carbons (Fsp3) is 0.222. The van der Waals surface area contributed by atoms with E-state index in [9.17, 15) is 5.21 Å². The predicted octanol–water partition coefficient (Wildman–Crippen LogP) is 4.67. The summed E-state index contributed by atoms with van der Waals surface area (Å²) in [7, 11) is 4.06. The Labute approximate surface area is 198 Å². The van der Waals surface area contributed by atoms with E-state index < -0.39 is 0 Å². The molecule has 7 heteroatoms. The Morgan fingerprint density at radius 3 is 2.50 bits per heavy atom. The van der Waals surface area contributed by atoms with Gasteiger partial charge in [0.25, 0.3) is 0 Å². The van der Waals surface area contributed by atoms with Gasteiger partial charge in [-0.15, -0.1) is 0 Å². The van der Waals surface area contributed by atoms with Gasteiger partial charge < -0.3 is 14.8 Å². The zero-order valence-electron chi connectivity index (χ0n) is 19.3. The molecule has 0 amide bonds. The molecule has 0 unspecified atom stereocenters. The van der Waals surface area contributed by atoms with Gasteiger partial charge in [-0.25, -0.2) is 4.68 Å². The van der Waals surface area contributed by atoms with Gasteiger partial charge in [0.15, 0.2) is 0 Å². The highest BCUT2D eigenvalue weighted by Crippen LogP contribution is 2.32. The van der Waals surface area contributed by atoms with Gasteiger partial charge in [-0.1, -0.05) is 11.2 Å². The van der Waals surface area contributed by atoms with Crippen molar-refractivity contribution in [2.45, 2.75) is 12.8 Å². The molecular weight excluding hydrogens is 426 g/mol. The molecule has 0 bridgehead atoms. The van der Waals surface area contributed by atoms with Gasteiger partial charge in [0.1, 0.15) is 12.4 Å². The summed E-state index contributed by atoms with van der Waals surface area (Å²) in [5.74, 6) is 0.847. The van der Waals surface area contributed by atoms with E-state index in [2.05, 4.69) is 39.3 Å². The number of aromatic nitrogens is 3. The summed E-state index contributed by atoms with van der Waals surface area (Å²) < 4.78 is 7.84. The van der Waals surface area contributed by atoms with Crippen molar-refractivity contribution in [2.75, 3.05) is 27.2 Å². The number of rotatable bonds is 7. The first-order chi connectivity index (χ1) is 16.6. The van der Waals surface area contributed by atoms with E-state index in [0.29, 0.717) is 6.61 Å². The van der Waals surface area contributed by atoms with Crippen LogP contribution >= 0.6 is 0 Å². The van der Waals surface area contributed by atoms with Crippen molar-refractivity contribution in [3.05, 3.63) is 84.2 Å². The minimum Gasteiger partial charge on any atom is -0.492 e. The van der Waals surface area contributed by atoms with E-state index in [1.165, 1.54) is 5.56 Å². The average Bonchev–Trinajstić information content (AvgIpc) is 3.49. The van der Waals surface area contributed by atoms with Gasteiger partial charge in [-0.3, -0.25) is 4.98 Å².